The van der Waals surface area contributed by atoms with Crippen LogP contribution in [0.5, 0.6) is 0 Å². The van der Waals surface area contributed by atoms with Crippen LogP contribution in [0, 0.1) is 6.92 Å². The fourth-order valence-electron chi connectivity index (χ4n) is 7.33. The maximum atomic E-state index is 6.75. The number of aryl methyl sites for hydroxylation is 1. The molecule has 0 saturated heterocycles. The van der Waals surface area contributed by atoms with Crippen LogP contribution in [-0.2, 0) is 6.42 Å². The molecule has 5 aromatic carbocycles. The van der Waals surface area contributed by atoms with Gasteiger partial charge in [-0.05, 0) is 94.6 Å². The lowest BCUT2D eigenvalue weighted by molar-refractivity contribution is 0.810. The average molecular weight is 629 g/mol. The molecule has 0 saturated carbocycles. The van der Waals surface area contributed by atoms with Crippen LogP contribution in [0.2, 0.25) is 0 Å². The Bertz CT molecular complexity index is 2220. The molecule has 1 aromatic heterocycles. The van der Waals surface area contributed by atoms with Crippen LogP contribution in [0.15, 0.2) is 137 Å². The van der Waals surface area contributed by atoms with Crippen molar-refractivity contribution in [1.29, 1.82) is 0 Å². The number of allylic oxidation sites excluding steroid dienone is 1. The van der Waals surface area contributed by atoms with E-state index in [0.717, 1.165) is 34.5 Å². The number of rotatable bonds is 7. The average Bonchev–Trinajstić information content (AvgIpc) is 3.64. The molecule has 0 bridgehead atoms. The highest BCUT2D eigenvalue weighted by molar-refractivity contribution is 8.03. The topological polar surface area (TPSA) is 55.3 Å². The monoisotopic (exact) mass is 628 g/mol. The van der Waals surface area contributed by atoms with E-state index in [1.807, 2.05) is 31.0 Å². The lowest BCUT2D eigenvalue weighted by Crippen LogP contribution is -2.16. The van der Waals surface area contributed by atoms with Gasteiger partial charge in [-0.15, -0.1) is 0 Å². The summed E-state index contributed by atoms with van der Waals surface area (Å²) in [5.41, 5.74) is 19.8. The Balaban J connectivity index is 1.19. The van der Waals surface area contributed by atoms with Crippen molar-refractivity contribution in [2.45, 2.75) is 30.2 Å². The number of anilines is 1. The number of para-hydroxylation sites is 1. The number of thioether (sulfide) groups is 1. The zero-order chi connectivity index (χ0) is 32.1. The summed E-state index contributed by atoms with van der Waals surface area (Å²) < 4.78 is 2.40. The van der Waals surface area contributed by atoms with Crippen LogP contribution in [0.4, 0.5) is 5.69 Å². The second kappa shape index (κ2) is 11.8. The predicted molar refractivity (Wildman–Crippen MR) is 200 cm³/mol. The van der Waals surface area contributed by atoms with Gasteiger partial charge in [0, 0.05) is 45.7 Å². The molecule has 8 rings (SSSR count). The molecule has 3 N–H and O–H groups in total. The van der Waals surface area contributed by atoms with Crippen molar-refractivity contribution in [3.05, 3.63) is 171 Å². The summed E-state index contributed by atoms with van der Waals surface area (Å²) in [5, 5.41) is 4.67. The second-order valence-corrected chi connectivity index (χ2v) is 13.4. The lowest BCUT2D eigenvalue weighted by atomic mass is 9.84. The Morgan fingerprint density at radius 1 is 0.936 bits per heavy atom. The van der Waals surface area contributed by atoms with E-state index in [1.165, 1.54) is 48.7 Å². The highest BCUT2D eigenvalue weighted by atomic mass is 32.2. The number of nitrogens with two attached hydrogens (primary N) is 1. The third-order valence-corrected chi connectivity index (χ3v) is 10.8. The minimum atomic E-state index is -0.184. The number of hydrogen-bond acceptors (Lipinski definition) is 3. The molecule has 47 heavy (non-hydrogen) atoms. The summed E-state index contributed by atoms with van der Waals surface area (Å²) in [4.78, 5) is 7.83. The summed E-state index contributed by atoms with van der Waals surface area (Å²) in [6, 6.07) is 40.4. The van der Waals surface area contributed by atoms with Crippen LogP contribution in [0.25, 0.3) is 28.7 Å². The van der Waals surface area contributed by atoms with Crippen LogP contribution in [0.1, 0.15) is 56.6 Å². The van der Waals surface area contributed by atoms with E-state index in [4.69, 9.17) is 10.7 Å². The summed E-state index contributed by atoms with van der Waals surface area (Å²) in [6.07, 6.45) is 5.38. The van der Waals surface area contributed by atoms with Gasteiger partial charge in [0.15, 0.2) is 0 Å². The molecule has 5 heteroatoms. The first-order valence-electron chi connectivity index (χ1n) is 16.1. The van der Waals surface area contributed by atoms with Crippen LogP contribution in [0.3, 0.4) is 0 Å². The normalized spacial score (nSPS) is 15.8. The van der Waals surface area contributed by atoms with E-state index in [0.29, 0.717) is 11.8 Å². The number of nitrogens with one attached hydrogen (secondary N) is 1. The fraction of sp³-hybridized carbons (Fsp3) is 0.119. The smallest absolute Gasteiger partial charge is 0.126 e. The van der Waals surface area contributed by atoms with Gasteiger partial charge in [0.1, 0.15) is 11.9 Å². The van der Waals surface area contributed by atoms with Gasteiger partial charge in [-0.3, -0.25) is 4.99 Å². The van der Waals surface area contributed by atoms with Crippen molar-refractivity contribution in [1.82, 2.24) is 4.57 Å². The van der Waals surface area contributed by atoms with E-state index in [2.05, 4.69) is 139 Å². The fourth-order valence-corrected chi connectivity index (χ4v) is 8.60. The molecular weight excluding hydrogens is 593 g/mol. The first-order valence-corrected chi connectivity index (χ1v) is 16.9. The van der Waals surface area contributed by atoms with E-state index >= 15 is 0 Å². The maximum Gasteiger partial charge on any atom is 0.126 e. The van der Waals surface area contributed by atoms with E-state index in [-0.39, 0.29) is 6.04 Å². The van der Waals surface area contributed by atoms with Gasteiger partial charge in [-0.25, -0.2) is 0 Å². The summed E-state index contributed by atoms with van der Waals surface area (Å²) in [7, 11) is 1.98. The van der Waals surface area contributed by atoms with Crippen LogP contribution < -0.4 is 11.1 Å². The van der Waals surface area contributed by atoms with Crippen molar-refractivity contribution in [2.24, 2.45) is 10.7 Å². The Kier molecular flexibility index (Phi) is 7.34. The molecule has 4 nitrogen and oxygen atoms in total. The molecule has 6 aromatic rings. The Hall–Kier alpha value is -5.26. The molecule has 1 aliphatic heterocycles. The number of hydrogen-bond donors (Lipinski definition) is 2. The number of aliphatic imine (C=N–C) groups is 1. The zero-order valence-electron chi connectivity index (χ0n) is 26.6. The van der Waals surface area contributed by atoms with Crippen molar-refractivity contribution < 1.29 is 0 Å². The minimum Gasteiger partial charge on any atom is -0.388 e. The molecule has 0 amide bonds. The highest BCUT2D eigenvalue weighted by Crippen LogP contribution is 2.56. The number of amidine groups is 1. The number of aromatic nitrogens is 1. The highest BCUT2D eigenvalue weighted by Gasteiger charge is 2.36. The molecule has 2 heterocycles. The number of fused-ring (bicyclic) bond motifs is 6. The molecule has 2 unspecified atom stereocenters. The maximum absolute atomic E-state index is 6.75. The summed E-state index contributed by atoms with van der Waals surface area (Å²) in [6.45, 7) is 6.30. The second-order valence-electron chi connectivity index (χ2n) is 12.2. The Morgan fingerprint density at radius 2 is 1.68 bits per heavy atom. The third-order valence-electron chi connectivity index (χ3n) is 9.64. The van der Waals surface area contributed by atoms with Gasteiger partial charge in [0.05, 0.1) is 11.2 Å². The number of nitrogens with zero attached hydrogens (tertiary/aromatic N) is 2. The zero-order valence-corrected chi connectivity index (χ0v) is 27.4. The number of benzene rings is 5. The van der Waals surface area contributed by atoms with E-state index in [1.54, 1.807) is 0 Å². The largest absolute Gasteiger partial charge is 0.388 e. The quantitative estimate of drug-likeness (QED) is 0.137. The van der Waals surface area contributed by atoms with E-state index < -0.39 is 0 Å². The van der Waals surface area contributed by atoms with Gasteiger partial charge >= 0.3 is 0 Å². The molecular formula is C42H36N4S. The minimum absolute atomic E-state index is 0.184. The first-order chi connectivity index (χ1) is 23.1. The van der Waals surface area contributed by atoms with Gasteiger partial charge in [-0.2, -0.15) is 0 Å². The summed E-state index contributed by atoms with van der Waals surface area (Å²) in [5.74, 6) is 0.851. The van der Waals surface area contributed by atoms with Gasteiger partial charge < -0.3 is 15.6 Å². The van der Waals surface area contributed by atoms with Crippen LogP contribution >= 0.6 is 11.8 Å². The molecule has 2 atom stereocenters. The molecule has 2 aliphatic rings. The lowest BCUT2D eigenvalue weighted by Gasteiger charge is -2.22. The van der Waals surface area contributed by atoms with Gasteiger partial charge in [0.2, 0.25) is 0 Å². The molecule has 230 valence electrons. The van der Waals surface area contributed by atoms with Gasteiger partial charge in [0.25, 0.3) is 0 Å². The summed E-state index contributed by atoms with van der Waals surface area (Å²) >= 11 is 1.90. The van der Waals surface area contributed by atoms with Gasteiger partial charge in [-0.1, -0.05) is 97.2 Å². The molecule has 0 spiro atoms. The predicted octanol–water partition coefficient (Wildman–Crippen LogP) is 9.91. The molecule has 0 radical (unpaired) electrons. The SMILES string of the molecule is C=Cc1c(NC)ccc2c1C1Cc3c(n(-c4ccc(C(N)=NC(c5ccccc5)c5ccccc5C)cc4)c4ccccc34)C=C1S2. The Labute approximate surface area is 280 Å². The van der Waals surface area contributed by atoms with Crippen molar-refractivity contribution in [2.75, 3.05) is 12.4 Å². The van der Waals surface area contributed by atoms with Crippen molar-refractivity contribution in [3.8, 4) is 5.69 Å². The third kappa shape index (κ3) is 4.90. The first kappa shape index (κ1) is 29.2. The standard InChI is InChI=1S/C42H36N4S/c1-4-30-35(44-3)22-23-38-40(30)34-24-33-32-16-10-11-17-36(32)46(37(33)25-39(34)47-38)29-20-18-28(19-21-29)42(43)45-41(27-13-6-5-7-14-27)31-15-9-8-12-26(31)2/h4-23,25,34,41,44H,1,24H2,2-3H3,(H2,43,45). The van der Waals surface area contributed by atoms with Crippen molar-refractivity contribution in [3.63, 3.8) is 0 Å². The molecule has 1 aliphatic carbocycles. The van der Waals surface area contributed by atoms with Crippen LogP contribution in [-0.4, -0.2) is 17.5 Å². The van der Waals surface area contributed by atoms with Crippen molar-refractivity contribution >= 4 is 46.3 Å². The molecule has 0 fully saturated rings. The van der Waals surface area contributed by atoms with E-state index in [9.17, 15) is 0 Å². The Morgan fingerprint density at radius 3 is 2.45 bits per heavy atom.